The molecule has 0 bridgehead atoms. The van der Waals surface area contributed by atoms with Crippen LogP contribution in [0.3, 0.4) is 0 Å². The van der Waals surface area contributed by atoms with E-state index in [-0.39, 0.29) is 24.4 Å². The minimum atomic E-state index is -0.320. The Hall–Kier alpha value is -0.750. The Morgan fingerprint density at radius 3 is 2.47 bits per heavy atom. The summed E-state index contributed by atoms with van der Waals surface area (Å²) in [6, 6.07) is 0.420. The maximum atomic E-state index is 11.7. The van der Waals surface area contributed by atoms with Crippen LogP contribution in [0.1, 0.15) is 32.6 Å². The molecule has 1 aliphatic carbocycles. The van der Waals surface area contributed by atoms with Crippen LogP contribution >= 0.6 is 12.8 Å². The van der Waals surface area contributed by atoms with Crippen molar-refractivity contribution in [1.29, 1.82) is 0 Å². The number of carbonyl (C=O) groups excluding carboxylic acids is 2. The molecule has 0 radical (unpaired) electrons. The van der Waals surface area contributed by atoms with Crippen LogP contribution in [-0.2, 0) is 14.3 Å². The summed E-state index contributed by atoms with van der Waals surface area (Å²) in [5, 5.41) is 2.78. The third-order valence-electron chi connectivity index (χ3n) is 2.99. The van der Waals surface area contributed by atoms with E-state index in [0.29, 0.717) is 12.6 Å². The SMILES string of the molecule is CC(=O)OCCNC(=O)C1CCC(NS)CC1. The average molecular weight is 260 g/mol. The largest absolute Gasteiger partial charge is 0.464 e. The first-order chi connectivity index (χ1) is 8.13. The molecule has 1 amide bonds. The Morgan fingerprint density at radius 2 is 1.94 bits per heavy atom. The molecule has 1 aliphatic rings. The van der Waals surface area contributed by atoms with E-state index in [1.165, 1.54) is 6.92 Å². The van der Waals surface area contributed by atoms with Gasteiger partial charge in [0.05, 0.1) is 6.54 Å². The summed E-state index contributed by atoms with van der Waals surface area (Å²) in [6.45, 7) is 1.99. The molecule has 0 aromatic rings. The van der Waals surface area contributed by atoms with Crippen molar-refractivity contribution in [2.75, 3.05) is 13.2 Å². The lowest BCUT2D eigenvalue weighted by Gasteiger charge is -2.26. The first-order valence-corrected chi connectivity index (χ1v) is 6.39. The van der Waals surface area contributed by atoms with Gasteiger partial charge >= 0.3 is 5.97 Å². The van der Waals surface area contributed by atoms with Gasteiger partial charge in [0.25, 0.3) is 0 Å². The van der Waals surface area contributed by atoms with E-state index < -0.39 is 0 Å². The van der Waals surface area contributed by atoms with Crippen LogP contribution < -0.4 is 10.0 Å². The highest BCUT2D eigenvalue weighted by Crippen LogP contribution is 2.24. The average Bonchev–Trinajstić information content (AvgIpc) is 2.34. The molecule has 0 aromatic heterocycles. The van der Waals surface area contributed by atoms with E-state index in [1.807, 2.05) is 0 Å². The van der Waals surface area contributed by atoms with Crippen LogP contribution in [0.15, 0.2) is 0 Å². The smallest absolute Gasteiger partial charge is 0.302 e. The number of hydrogen-bond acceptors (Lipinski definition) is 5. The zero-order valence-electron chi connectivity index (χ0n) is 10.1. The zero-order chi connectivity index (χ0) is 12.7. The van der Waals surface area contributed by atoms with Crippen LogP contribution in [0.2, 0.25) is 0 Å². The molecule has 1 fully saturated rings. The van der Waals surface area contributed by atoms with Crippen LogP contribution in [0.5, 0.6) is 0 Å². The topological polar surface area (TPSA) is 67.4 Å². The maximum Gasteiger partial charge on any atom is 0.302 e. The molecule has 1 rings (SSSR count). The summed E-state index contributed by atoms with van der Waals surface area (Å²) >= 11 is 4.03. The molecule has 5 nitrogen and oxygen atoms in total. The quantitative estimate of drug-likeness (QED) is 0.386. The van der Waals surface area contributed by atoms with Gasteiger partial charge in [0.1, 0.15) is 6.61 Å². The van der Waals surface area contributed by atoms with Gasteiger partial charge < -0.3 is 10.1 Å². The summed E-state index contributed by atoms with van der Waals surface area (Å²) in [5.41, 5.74) is 0. The third-order valence-corrected chi connectivity index (χ3v) is 3.35. The molecule has 0 saturated heterocycles. The fourth-order valence-electron chi connectivity index (χ4n) is 2.00. The van der Waals surface area contributed by atoms with Crippen LogP contribution in [0.25, 0.3) is 0 Å². The van der Waals surface area contributed by atoms with Gasteiger partial charge in [0.15, 0.2) is 0 Å². The lowest BCUT2D eigenvalue weighted by molar-refractivity contribution is -0.141. The highest BCUT2D eigenvalue weighted by Gasteiger charge is 2.25. The lowest BCUT2D eigenvalue weighted by Crippen LogP contribution is -2.37. The second-order valence-electron chi connectivity index (χ2n) is 4.31. The second-order valence-corrected chi connectivity index (χ2v) is 4.57. The van der Waals surface area contributed by atoms with Crippen molar-refractivity contribution >= 4 is 24.7 Å². The number of rotatable bonds is 5. The molecule has 0 spiro atoms. The Bertz CT molecular complexity index is 265. The van der Waals surface area contributed by atoms with Gasteiger partial charge in [-0.2, -0.15) is 0 Å². The van der Waals surface area contributed by atoms with Crippen molar-refractivity contribution in [2.45, 2.75) is 38.6 Å². The minimum Gasteiger partial charge on any atom is -0.464 e. The molecule has 0 unspecified atom stereocenters. The van der Waals surface area contributed by atoms with E-state index >= 15 is 0 Å². The molecule has 98 valence electrons. The van der Waals surface area contributed by atoms with Crippen LogP contribution in [-0.4, -0.2) is 31.1 Å². The number of nitrogens with one attached hydrogen (secondary N) is 2. The maximum absolute atomic E-state index is 11.7. The van der Waals surface area contributed by atoms with Crippen LogP contribution in [0.4, 0.5) is 0 Å². The molecule has 0 heterocycles. The number of amides is 1. The van der Waals surface area contributed by atoms with Gasteiger partial charge in [-0.05, 0) is 25.7 Å². The van der Waals surface area contributed by atoms with E-state index in [0.717, 1.165) is 25.7 Å². The predicted octanol–water partition coefficient (Wildman–Crippen LogP) is 0.659. The molecular formula is C11H20N2O3S. The number of ether oxygens (including phenoxy) is 1. The summed E-state index contributed by atoms with van der Waals surface area (Å²) in [6.07, 6.45) is 3.73. The second kappa shape index (κ2) is 7.55. The van der Waals surface area contributed by atoms with Crippen molar-refractivity contribution in [3.63, 3.8) is 0 Å². The van der Waals surface area contributed by atoms with Crippen molar-refractivity contribution < 1.29 is 14.3 Å². The Balaban J connectivity index is 2.14. The molecule has 1 saturated carbocycles. The van der Waals surface area contributed by atoms with Crippen molar-refractivity contribution in [2.24, 2.45) is 5.92 Å². The minimum absolute atomic E-state index is 0.0646. The first kappa shape index (κ1) is 14.3. The Morgan fingerprint density at radius 1 is 1.29 bits per heavy atom. The van der Waals surface area contributed by atoms with Gasteiger partial charge in [-0.15, -0.1) is 0 Å². The fourth-order valence-corrected chi connectivity index (χ4v) is 2.26. The Labute approximate surface area is 107 Å². The molecule has 0 atom stereocenters. The number of thiol groups is 1. The number of esters is 1. The van der Waals surface area contributed by atoms with Crippen molar-refractivity contribution in [3.8, 4) is 0 Å². The Kier molecular flexibility index (Phi) is 6.36. The van der Waals surface area contributed by atoms with E-state index in [2.05, 4.69) is 22.9 Å². The van der Waals surface area contributed by atoms with Crippen LogP contribution in [0, 0.1) is 5.92 Å². The van der Waals surface area contributed by atoms with Gasteiger partial charge in [-0.25, -0.2) is 0 Å². The highest BCUT2D eigenvalue weighted by molar-refractivity contribution is 7.78. The fraction of sp³-hybridized carbons (Fsp3) is 0.818. The monoisotopic (exact) mass is 260 g/mol. The first-order valence-electron chi connectivity index (χ1n) is 5.94. The van der Waals surface area contributed by atoms with E-state index in [1.54, 1.807) is 0 Å². The number of hydrogen-bond donors (Lipinski definition) is 3. The highest BCUT2D eigenvalue weighted by atomic mass is 32.1. The molecule has 0 aliphatic heterocycles. The van der Waals surface area contributed by atoms with Gasteiger partial charge in [0.2, 0.25) is 5.91 Å². The summed E-state index contributed by atoms with van der Waals surface area (Å²) < 4.78 is 7.67. The van der Waals surface area contributed by atoms with Gasteiger partial charge in [-0.1, -0.05) is 12.8 Å². The molecule has 2 N–H and O–H groups in total. The number of carbonyl (C=O) groups is 2. The normalized spacial score (nSPS) is 24.1. The van der Waals surface area contributed by atoms with Crippen molar-refractivity contribution in [3.05, 3.63) is 0 Å². The molecule has 6 heteroatoms. The standard InChI is InChI=1S/C11H20N2O3S/c1-8(14)16-7-6-12-11(15)9-2-4-10(13-17)5-3-9/h9-10,13,17H,2-7H2,1H3,(H,12,15). The molecule has 17 heavy (non-hydrogen) atoms. The predicted molar refractivity (Wildman–Crippen MR) is 67.5 cm³/mol. The third kappa shape index (κ3) is 5.41. The molecule has 0 aromatic carbocycles. The van der Waals surface area contributed by atoms with Gasteiger partial charge in [-0.3, -0.25) is 14.3 Å². The summed E-state index contributed by atoms with van der Waals surface area (Å²) in [7, 11) is 0. The van der Waals surface area contributed by atoms with Gasteiger partial charge in [0, 0.05) is 18.9 Å². The van der Waals surface area contributed by atoms with E-state index in [9.17, 15) is 9.59 Å². The van der Waals surface area contributed by atoms with E-state index in [4.69, 9.17) is 4.74 Å². The summed E-state index contributed by atoms with van der Waals surface area (Å²) in [4.78, 5) is 22.3. The van der Waals surface area contributed by atoms with Crippen molar-refractivity contribution in [1.82, 2.24) is 10.0 Å². The summed E-state index contributed by atoms with van der Waals surface area (Å²) in [5.74, 6) is -0.167. The molecular weight excluding hydrogens is 240 g/mol. The lowest BCUT2D eigenvalue weighted by atomic mass is 9.86. The zero-order valence-corrected chi connectivity index (χ0v) is 11.0.